The van der Waals surface area contributed by atoms with Crippen molar-refractivity contribution in [1.29, 1.82) is 0 Å². The van der Waals surface area contributed by atoms with E-state index in [9.17, 15) is 19.7 Å². The van der Waals surface area contributed by atoms with Crippen molar-refractivity contribution in [2.24, 2.45) is 0 Å². The Balaban J connectivity index is 2.00. The third-order valence-corrected chi connectivity index (χ3v) is 3.03. The molecule has 0 fully saturated rings. The minimum Gasteiger partial charge on any atom is -0.494 e. The van der Waals surface area contributed by atoms with Gasteiger partial charge in [0, 0.05) is 0 Å². The third kappa shape index (κ3) is 4.80. The molecule has 0 saturated heterocycles. The molecule has 132 valence electrons. The molecule has 2 rings (SSSR count). The summed E-state index contributed by atoms with van der Waals surface area (Å²) in [7, 11) is 0. The van der Waals surface area contributed by atoms with Crippen LogP contribution in [0.15, 0.2) is 34.7 Å². The lowest BCUT2D eigenvalue weighted by Gasteiger charge is -2.08. The quantitative estimate of drug-likeness (QED) is 0.464. The van der Waals surface area contributed by atoms with Crippen LogP contribution in [0.5, 0.6) is 5.75 Å². The second kappa shape index (κ2) is 7.95. The highest BCUT2D eigenvalue weighted by Crippen LogP contribution is 2.29. The SMILES string of the molecule is CCOc1ccc(NC(=O)COC(=O)c2ccc(C)o2)c([N+](=O)[O-])c1. The molecule has 1 amide bonds. The van der Waals surface area contributed by atoms with Gasteiger partial charge >= 0.3 is 5.97 Å². The van der Waals surface area contributed by atoms with Crippen molar-refractivity contribution in [3.05, 3.63) is 52.0 Å². The Kier molecular flexibility index (Phi) is 5.72. The van der Waals surface area contributed by atoms with E-state index < -0.39 is 23.4 Å². The summed E-state index contributed by atoms with van der Waals surface area (Å²) >= 11 is 0. The zero-order valence-corrected chi connectivity index (χ0v) is 13.6. The summed E-state index contributed by atoms with van der Waals surface area (Å²) in [6.45, 7) is 3.15. The maximum absolute atomic E-state index is 11.9. The first-order valence-electron chi connectivity index (χ1n) is 7.35. The van der Waals surface area contributed by atoms with Crippen LogP contribution in [0.25, 0.3) is 0 Å². The zero-order chi connectivity index (χ0) is 18.4. The molecule has 0 aliphatic rings. The van der Waals surface area contributed by atoms with Crippen molar-refractivity contribution < 1.29 is 28.4 Å². The van der Waals surface area contributed by atoms with E-state index in [2.05, 4.69) is 5.32 Å². The number of rotatable bonds is 7. The molecular formula is C16H16N2O7. The molecule has 0 saturated carbocycles. The number of aryl methyl sites for hydroxylation is 1. The number of amides is 1. The molecule has 25 heavy (non-hydrogen) atoms. The minimum atomic E-state index is -0.801. The van der Waals surface area contributed by atoms with Gasteiger partial charge in [0.15, 0.2) is 6.61 Å². The standard InChI is InChI=1S/C16H16N2O7/c1-3-23-11-5-6-12(13(8-11)18(21)22)17-15(19)9-24-16(20)14-7-4-10(2)25-14/h4-8H,3,9H2,1-2H3,(H,17,19). The topological polar surface area (TPSA) is 121 Å². The average Bonchev–Trinajstić information content (AvgIpc) is 3.00. The number of nitro benzene ring substituents is 1. The van der Waals surface area contributed by atoms with Gasteiger partial charge in [0.25, 0.3) is 11.6 Å². The van der Waals surface area contributed by atoms with Crippen molar-refractivity contribution in [2.75, 3.05) is 18.5 Å². The van der Waals surface area contributed by atoms with Gasteiger partial charge in [-0.25, -0.2) is 4.79 Å². The van der Waals surface area contributed by atoms with Crippen molar-refractivity contribution in [1.82, 2.24) is 0 Å². The minimum absolute atomic E-state index is 0.0247. The fourth-order valence-corrected chi connectivity index (χ4v) is 1.96. The van der Waals surface area contributed by atoms with Crippen LogP contribution in [-0.4, -0.2) is 30.0 Å². The van der Waals surface area contributed by atoms with E-state index in [0.29, 0.717) is 18.1 Å². The number of hydrogen-bond acceptors (Lipinski definition) is 7. The molecule has 2 aromatic rings. The lowest BCUT2D eigenvalue weighted by Crippen LogP contribution is -2.21. The molecule has 1 heterocycles. The second-order valence-corrected chi connectivity index (χ2v) is 4.90. The normalized spacial score (nSPS) is 10.2. The van der Waals surface area contributed by atoms with E-state index in [-0.39, 0.29) is 17.1 Å². The molecule has 9 heteroatoms. The summed E-state index contributed by atoms with van der Waals surface area (Å²) in [6, 6.07) is 7.05. The first-order chi connectivity index (χ1) is 11.9. The van der Waals surface area contributed by atoms with E-state index in [0.717, 1.165) is 0 Å². The number of nitro groups is 1. The van der Waals surface area contributed by atoms with Gasteiger partial charge in [0.2, 0.25) is 5.76 Å². The number of esters is 1. The van der Waals surface area contributed by atoms with E-state index in [4.69, 9.17) is 13.9 Å². The van der Waals surface area contributed by atoms with Crippen molar-refractivity contribution in [3.63, 3.8) is 0 Å². The molecule has 0 spiro atoms. The van der Waals surface area contributed by atoms with E-state index in [1.165, 1.54) is 24.3 Å². The number of furan rings is 1. The fourth-order valence-electron chi connectivity index (χ4n) is 1.96. The van der Waals surface area contributed by atoms with E-state index in [1.54, 1.807) is 19.9 Å². The Morgan fingerprint density at radius 3 is 2.64 bits per heavy atom. The molecule has 9 nitrogen and oxygen atoms in total. The summed E-state index contributed by atoms with van der Waals surface area (Å²) in [6.07, 6.45) is 0. The summed E-state index contributed by atoms with van der Waals surface area (Å²) in [4.78, 5) is 34.0. The predicted octanol–water partition coefficient (Wildman–Crippen LogP) is 2.69. The Hall–Kier alpha value is -3.36. The maximum atomic E-state index is 11.9. The van der Waals surface area contributed by atoms with Gasteiger partial charge in [0.05, 0.1) is 17.6 Å². The fraction of sp³-hybridized carbons (Fsp3) is 0.250. The van der Waals surface area contributed by atoms with Gasteiger partial charge in [0.1, 0.15) is 17.2 Å². The van der Waals surface area contributed by atoms with E-state index >= 15 is 0 Å². The summed E-state index contributed by atoms with van der Waals surface area (Å²) in [5.41, 5.74) is -0.351. The number of nitrogens with one attached hydrogen (secondary N) is 1. The smallest absolute Gasteiger partial charge is 0.374 e. The highest BCUT2D eigenvalue weighted by Gasteiger charge is 2.19. The maximum Gasteiger partial charge on any atom is 0.374 e. The van der Waals surface area contributed by atoms with Crippen LogP contribution < -0.4 is 10.1 Å². The first kappa shape index (κ1) is 18.0. The monoisotopic (exact) mass is 348 g/mol. The second-order valence-electron chi connectivity index (χ2n) is 4.90. The zero-order valence-electron chi connectivity index (χ0n) is 13.6. The van der Waals surface area contributed by atoms with Gasteiger partial charge in [-0.3, -0.25) is 14.9 Å². The molecule has 0 bridgehead atoms. The molecule has 0 aliphatic carbocycles. The third-order valence-electron chi connectivity index (χ3n) is 3.03. The van der Waals surface area contributed by atoms with Gasteiger partial charge in [-0.1, -0.05) is 0 Å². The number of carbonyl (C=O) groups excluding carboxylic acids is 2. The van der Waals surface area contributed by atoms with Crippen LogP contribution in [0.1, 0.15) is 23.2 Å². The summed E-state index contributed by atoms with van der Waals surface area (Å²) < 4.78 is 15.1. The van der Waals surface area contributed by atoms with Crippen LogP contribution in [0.3, 0.4) is 0 Å². The molecule has 1 N–H and O–H groups in total. The molecule has 0 unspecified atom stereocenters. The number of nitrogens with zero attached hydrogens (tertiary/aromatic N) is 1. The van der Waals surface area contributed by atoms with Crippen LogP contribution >= 0.6 is 0 Å². The average molecular weight is 348 g/mol. The number of anilines is 1. The lowest BCUT2D eigenvalue weighted by atomic mass is 10.2. The molecule has 0 radical (unpaired) electrons. The van der Waals surface area contributed by atoms with Gasteiger partial charge in [-0.05, 0) is 38.1 Å². The Morgan fingerprint density at radius 2 is 2.04 bits per heavy atom. The summed E-state index contributed by atoms with van der Waals surface area (Å²) in [5.74, 6) is -0.709. The van der Waals surface area contributed by atoms with Crippen LogP contribution in [0.2, 0.25) is 0 Å². The first-order valence-corrected chi connectivity index (χ1v) is 7.35. The largest absolute Gasteiger partial charge is 0.494 e. The predicted molar refractivity (Wildman–Crippen MR) is 86.6 cm³/mol. The summed E-state index contributed by atoms with van der Waals surface area (Å²) in [5, 5.41) is 13.4. The Bertz CT molecular complexity index is 798. The molecule has 0 atom stereocenters. The van der Waals surface area contributed by atoms with Crippen LogP contribution in [0, 0.1) is 17.0 Å². The number of carbonyl (C=O) groups is 2. The number of benzene rings is 1. The van der Waals surface area contributed by atoms with Crippen molar-refractivity contribution in [3.8, 4) is 5.75 Å². The number of hydrogen-bond donors (Lipinski definition) is 1. The lowest BCUT2D eigenvalue weighted by molar-refractivity contribution is -0.384. The van der Waals surface area contributed by atoms with Gasteiger partial charge in [-0.15, -0.1) is 0 Å². The molecule has 0 aliphatic heterocycles. The van der Waals surface area contributed by atoms with Gasteiger partial charge in [-0.2, -0.15) is 0 Å². The Labute approximate surface area is 142 Å². The highest BCUT2D eigenvalue weighted by molar-refractivity contribution is 5.96. The molecular weight excluding hydrogens is 332 g/mol. The Morgan fingerprint density at radius 1 is 1.28 bits per heavy atom. The number of ether oxygens (including phenoxy) is 2. The van der Waals surface area contributed by atoms with Crippen molar-refractivity contribution >= 4 is 23.3 Å². The van der Waals surface area contributed by atoms with Crippen LogP contribution in [-0.2, 0) is 9.53 Å². The van der Waals surface area contributed by atoms with E-state index in [1.807, 2.05) is 0 Å². The highest BCUT2D eigenvalue weighted by atomic mass is 16.6. The van der Waals surface area contributed by atoms with Crippen LogP contribution in [0.4, 0.5) is 11.4 Å². The molecule has 1 aromatic heterocycles. The van der Waals surface area contributed by atoms with Crippen molar-refractivity contribution in [2.45, 2.75) is 13.8 Å². The van der Waals surface area contributed by atoms with Gasteiger partial charge < -0.3 is 19.2 Å². The molecule has 1 aromatic carbocycles.